The van der Waals surface area contributed by atoms with Crippen molar-refractivity contribution in [1.29, 1.82) is 0 Å². The maximum absolute atomic E-state index is 14.9. The summed E-state index contributed by atoms with van der Waals surface area (Å²) in [6, 6.07) is -1.79. The second-order valence-corrected chi connectivity index (χ2v) is 6.23. The van der Waals surface area contributed by atoms with Crippen LogP contribution in [0.25, 0.3) is 0 Å². The fraction of sp³-hybridized carbons (Fsp3) is 0.706. The van der Waals surface area contributed by atoms with Crippen molar-refractivity contribution in [3.05, 3.63) is 0 Å². The Labute approximate surface area is 165 Å². The summed E-state index contributed by atoms with van der Waals surface area (Å²) in [6.45, 7) is -0.0124. The minimum absolute atomic E-state index is 0.0102. The molecular formula is C17H23F2NO9. The van der Waals surface area contributed by atoms with E-state index in [4.69, 9.17) is 11.2 Å². The third-order valence-electron chi connectivity index (χ3n) is 4.19. The van der Waals surface area contributed by atoms with E-state index in [9.17, 15) is 38.5 Å². The molecule has 1 rings (SSSR count). The zero-order chi connectivity index (χ0) is 22.4. The average Bonchev–Trinajstić information content (AvgIpc) is 2.69. The Bertz CT molecular complexity index is 655. The Kier molecular flexibility index (Phi) is 8.90. The van der Waals surface area contributed by atoms with Crippen LogP contribution in [0.2, 0.25) is 0 Å². The lowest BCUT2D eigenvalue weighted by molar-refractivity contribution is -0.295. The van der Waals surface area contributed by atoms with E-state index >= 15 is 0 Å². The van der Waals surface area contributed by atoms with Gasteiger partial charge in [-0.25, -0.2) is 9.18 Å². The first-order valence-electron chi connectivity index (χ1n) is 8.49. The van der Waals surface area contributed by atoms with Crippen molar-refractivity contribution >= 4 is 17.8 Å². The molecule has 2 unspecified atom stereocenters. The number of nitrogens with one attached hydrogen (secondary N) is 1. The number of hydrogen-bond donors (Lipinski definition) is 4. The maximum Gasteiger partial charge on any atom is 0.375 e. The highest BCUT2D eigenvalue weighted by molar-refractivity contribution is 5.79. The highest BCUT2D eigenvalue weighted by Crippen LogP contribution is 2.36. The van der Waals surface area contributed by atoms with Gasteiger partial charge < -0.3 is 34.8 Å². The zero-order valence-corrected chi connectivity index (χ0v) is 15.7. The summed E-state index contributed by atoms with van der Waals surface area (Å²) in [5, 5.41) is 32.1. The van der Waals surface area contributed by atoms with Crippen LogP contribution in [0, 0.1) is 12.3 Å². The highest BCUT2D eigenvalue weighted by Gasteiger charge is 2.63. The Hall–Kier alpha value is -2.33. The molecule has 12 heteroatoms. The number of aliphatic hydroxyl groups is 3. The molecule has 0 aromatic heterocycles. The van der Waals surface area contributed by atoms with Crippen LogP contribution in [0.15, 0.2) is 0 Å². The van der Waals surface area contributed by atoms with Gasteiger partial charge in [0.15, 0.2) is 12.3 Å². The highest BCUT2D eigenvalue weighted by atomic mass is 19.2. The molecule has 7 atom stereocenters. The quantitative estimate of drug-likeness (QED) is 0.259. The van der Waals surface area contributed by atoms with Crippen LogP contribution in [0.3, 0.4) is 0 Å². The van der Waals surface area contributed by atoms with Gasteiger partial charge in [0.2, 0.25) is 5.91 Å². The van der Waals surface area contributed by atoms with Gasteiger partial charge in [0.25, 0.3) is 0 Å². The lowest BCUT2D eigenvalue weighted by Gasteiger charge is -2.45. The number of carbonyl (C=O) groups excluding carboxylic acids is 3. The standard InChI is InChI=1S/C17H23F2NO9/c1-4-5-6-10(23)20-11-13(25)15(18)17(19,16(26)27-3)29-14(11)12(24)9(7-21)28-8(2)22/h1,9,11-15,21,24-25H,5-7H2,2-3H3,(H,20,23)/t9-,11-,12-,13?,14?,15+,17-/m1/s1. The molecule has 0 radical (unpaired) electrons. The third-order valence-corrected chi connectivity index (χ3v) is 4.19. The van der Waals surface area contributed by atoms with E-state index in [0.717, 1.165) is 14.0 Å². The largest absolute Gasteiger partial charge is 0.465 e. The van der Waals surface area contributed by atoms with Gasteiger partial charge in [0, 0.05) is 19.8 Å². The monoisotopic (exact) mass is 423 g/mol. The number of terminal acetylenes is 1. The normalized spacial score (nSPS) is 31.1. The molecular weight excluding hydrogens is 400 g/mol. The van der Waals surface area contributed by atoms with E-state index in [0.29, 0.717) is 0 Å². The average molecular weight is 423 g/mol. The molecule has 29 heavy (non-hydrogen) atoms. The van der Waals surface area contributed by atoms with Crippen molar-refractivity contribution in [3.8, 4) is 12.3 Å². The summed E-state index contributed by atoms with van der Waals surface area (Å²) < 4.78 is 43.0. The molecule has 0 spiro atoms. The number of hydrogen-bond acceptors (Lipinski definition) is 9. The van der Waals surface area contributed by atoms with Crippen LogP contribution in [-0.2, 0) is 28.6 Å². The number of ether oxygens (including phenoxy) is 3. The predicted molar refractivity (Wildman–Crippen MR) is 90.3 cm³/mol. The molecule has 0 aromatic rings. The minimum Gasteiger partial charge on any atom is -0.465 e. The van der Waals surface area contributed by atoms with Crippen LogP contribution in [0.5, 0.6) is 0 Å². The van der Waals surface area contributed by atoms with E-state index in [1.54, 1.807) is 0 Å². The van der Waals surface area contributed by atoms with E-state index in [2.05, 4.69) is 20.7 Å². The smallest absolute Gasteiger partial charge is 0.375 e. The van der Waals surface area contributed by atoms with E-state index in [1.807, 2.05) is 0 Å². The van der Waals surface area contributed by atoms with Crippen molar-refractivity contribution in [2.45, 2.75) is 62.2 Å². The first-order valence-corrected chi connectivity index (χ1v) is 8.49. The van der Waals surface area contributed by atoms with Gasteiger partial charge in [-0.05, 0) is 0 Å². The van der Waals surface area contributed by atoms with Gasteiger partial charge in [-0.2, -0.15) is 4.39 Å². The van der Waals surface area contributed by atoms with Gasteiger partial charge >= 0.3 is 17.8 Å². The Morgan fingerprint density at radius 3 is 2.52 bits per heavy atom. The summed E-state index contributed by atoms with van der Waals surface area (Å²) in [4.78, 5) is 34.8. The second kappa shape index (κ2) is 10.4. The Balaban J connectivity index is 3.27. The molecule has 1 aliphatic rings. The molecule has 0 aliphatic carbocycles. The third kappa shape index (κ3) is 5.60. The molecule has 4 N–H and O–H groups in total. The topological polar surface area (TPSA) is 152 Å². The van der Waals surface area contributed by atoms with Gasteiger partial charge in [0.1, 0.15) is 18.3 Å². The van der Waals surface area contributed by atoms with Crippen molar-refractivity contribution < 1.29 is 52.7 Å². The fourth-order valence-electron chi connectivity index (χ4n) is 2.77. The molecule has 1 saturated heterocycles. The summed E-state index contributed by atoms with van der Waals surface area (Å²) in [5.41, 5.74) is 0. The molecule has 164 valence electrons. The first-order chi connectivity index (χ1) is 13.5. The lowest BCUT2D eigenvalue weighted by atomic mass is 9.87. The van der Waals surface area contributed by atoms with Gasteiger partial charge in [-0.15, -0.1) is 12.3 Å². The molecule has 1 fully saturated rings. The maximum atomic E-state index is 14.9. The van der Waals surface area contributed by atoms with Crippen LogP contribution in [0.1, 0.15) is 19.8 Å². The molecule has 1 amide bonds. The number of amides is 1. The molecule has 1 aliphatic heterocycles. The van der Waals surface area contributed by atoms with Crippen LogP contribution in [0.4, 0.5) is 8.78 Å². The van der Waals surface area contributed by atoms with Crippen LogP contribution < -0.4 is 5.32 Å². The summed E-state index contributed by atoms with van der Waals surface area (Å²) in [5.74, 6) is -5.22. The number of methoxy groups -OCH3 is 1. The Morgan fingerprint density at radius 2 is 2.03 bits per heavy atom. The van der Waals surface area contributed by atoms with Crippen molar-refractivity contribution in [2.24, 2.45) is 0 Å². The lowest BCUT2D eigenvalue weighted by Crippen LogP contribution is -2.71. The van der Waals surface area contributed by atoms with Crippen molar-refractivity contribution in [1.82, 2.24) is 5.32 Å². The molecule has 0 saturated carbocycles. The SMILES string of the molecule is C#CCCC(=O)N[C@H]1C([C@H](O)[C@@H](CO)OC(C)=O)O[C@@](F)(C(=O)OC)[C@@H](F)C1O. The number of alkyl halides is 2. The molecule has 0 bridgehead atoms. The van der Waals surface area contributed by atoms with Crippen LogP contribution in [-0.4, -0.2) is 89.4 Å². The van der Waals surface area contributed by atoms with Gasteiger partial charge in [-0.1, -0.05) is 0 Å². The Morgan fingerprint density at radius 1 is 1.41 bits per heavy atom. The van der Waals surface area contributed by atoms with Crippen molar-refractivity contribution in [3.63, 3.8) is 0 Å². The van der Waals surface area contributed by atoms with Crippen molar-refractivity contribution in [2.75, 3.05) is 13.7 Å². The van der Waals surface area contributed by atoms with Gasteiger partial charge in [0.05, 0.1) is 19.8 Å². The minimum atomic E-state index is -3.84. The first kappa shape index (κ1) is 24.7. The number of carbonyl (C=O) groups is 3. The number of esters is 2. The molecule has 0 aromatic carbocycles. The van der Waals surface area contributed by atoms with E-state index in [-0.39, 0.29) is 12.8 Å². The number of rotatable bonds is 8. The second-order valence-electron chi connectivity index (χ2n) is 6.23. The number of aliphatic hydroxyl groups excluding tert-OH is 3. The predicted octanol–water partition coefficient (Wildman–Crippen LogP) is -1.89. The van der Waals surface area contributed by atoms with E-state index in [1.165, 1.54) is 0 Å². The van der Waals surface area contributed by atoms with E-state index < -0.39 is 66.9 Å². The van der Waals surface area contributed by atoms with Gasteiger partial charge in [-0.3, -0.25) is 9.59 Å². The summed E-state index contributed by atoms with van der Waals surface area (Å²) >= 11 is 0. The summed E-state index contributed by atoms with van der Waals surface area (Å²) in [7, 11) is 0.737. The zero-order valence-electron chi connectivity index (χ0n) is 15.7. The molecule has 1 heterocycles. The van der Waals surface area contributed by atoms with Crippen LogP contribution >= 0.6 is 0 Å². The fourth-order valence-corrected chi connectivity index (χ4v) is 2.77. The molecule has 10 nitrogen and oxygen atoms in total. The number of halogens is 2. The summed E-state index contributed by atoms with van der Waals surface area (Å²) in [6.07, 6.45) is -6.39.